The Kier molecular flexibility index (Phi) is 6.24. The number of aromatic carboxylic acids is 1. The SMILES string of the molecule is O=C(O)c1cn(-c2ccc(O)c(Cl)c2)c2cc(N3CCC[C@@H]3COc3ccccn3)c(F)cc2c1=O. The first-order chi connectivity index (χ1) is 17.3. The van der Waals surface area contributed by atoms with Gasteiger partial charge in [-0.2, -0.15) is 0 Å². The first-order valence-electron chi connectivity index (χ1n) is 11.2. The van der Waals surface area contributed by atoms with Crippen LogP contribution in [0.1, 0.15) is 23.2 Å². The fraction of sp³-hybridized carbons (Fsp3) is 0.192. The molecule has 1 fully saturated rings. The lowest BCUT2D eigenvalue weighted by molar-refractivity contribution is 0.0695. The van der Waals surface area contributed by atoms with Crippen molar-refractivity contribution in [2.24, 2.45) is 0 Å². The van der Waals surface area contributed by atoms with Gasteiger partial charge in [-0.05, 0) is 49.2 Å². The quantitative estimate of drug-likeness (QED) is 0.390. The third kappa shape index (κ3) is 4.33. The molecule has 1 saturated heterocycles. The van der Waals surface area contributed by atoms with Crippen molar-refractivity contribution in [3.63, 3.8) is 0 Å². The highest BCUT2D eigenvalue weighted by atomic mass is 35.5. The molecule has 5 rings (SSSR count). The molecule has 3 heterocycles. The summed E-state index contributed by atoms with van der Waals surface area (Å²) in [6.07, 6.45) is 4.42. The number of phenolic OH excluding ortho intramolecular Hbond substituents is 1. The maximum Gasteiger partial charge on any atom is 0.341 e. The van der Waals surface area contributed by atoms with Crippen LogP contribution in [-0.4, -0.2) is 44.9 Å². The van der Waals surface area contributed by atoms with Gasteiger partial charge in [0.1, 0.15) is 23.7 Å². The van der Waals surface area contributed by atoms with E-state index in [9.17, 15) is 19.8 Å². The number of anilines is 1. The number of ether oxygens (including phenoxy) is 1. The van der Waals surface area contributed by atoms with Gasteiger partial charge in [-0.25, -0.2) is 14.2 Å². The van der Waals surface area contributed by atoms with Crippen molar-refractivity contribution >= 4 is 34.2 Å². The number of rotatable bonds is 6. The van der Waals surface area contributed by atoms with Gasteiger partial charge in [-0.15, -0.1) is 0 Å². The number of hydrogen-bond acceptors (Lipinski definition) is 6. The average Bonchev–Trinajstić information content (AvgIpc) is 3.33. The Labute approximate surface area is 209 Å². The molecule has 2 aromatic carbocycles. The average molecular weight is 510 g/mol. The van der Waals surface area contributed by atoms with Crippen molar-refractivity contribution in [2.75, 3.05) is 18.1 Å². The second kappa shape index (κ2) is 9.50. The molecule has 2 N–H and O–H groups in total. The molecule has 0 aliphatic carbocycles. The fourth-order valence-corrected chi connectivity index (χ4v) is 4.68. The van der Waals surface area contributed by atoms with Gasteiger partial charge < -0.3 is 24.4 Å². The molecule has 1 aliphatic heterocycles. The van der Waals surface area contributed by atoms with Crippen molar-refractivity contribution in [2.45, 2.75) is 18.9 Å². The summed E-state index contributed by atoms with van der Waals surface area (Å²) >= 11 is 6.08. The smallest absolute Gasteiger partial charge is 0.341 e. The predicted molar refractivity (Wildman–Crippen MR) is 133 cm³/mol. The molecule has 0 radical (unpaired) electrons. The van der Waals surface area contributed by atoms with Crippen molar-refractivity contribution < 1.29 is 24.1 Å². The van der Waals surface area contributed by atoms with Gasteiger partial charge in [0, 0.05) is 36.1 Å². The zero-order chi connectivity index (χ0) is 25.4. The lowest BCUT2D eigenvalue weighted by Gasteiger charge is -2.27. The molecule has 184 valence electrons. The Hall–Kier alpha value is -4.11. The zero-order valence-corrected chi connectivity index (χ0v) is 19.7. The van der Waals surface area contributed by atoms with Crippen LogP contribution in [-0.2, 0) is 0 Å². The normalized spacial score (nSPS) is 15.4. The minimum atomic E-state index is -1.43. The molecule has 10 heteroatoms. The number of fused-ring (bicyclic) bond motifs is 1. The predicted octanol–water partition coefficient (Wildman–Crippen LogP) is 4.63. The molecule has 0 unspecified atom stereocenters. The first kappa shape index (κ1) is 23.6. The third-order valence-electron chi connectivity index (χ3n) is 6.26. The van der Waals surface area contributed by atoms with E-state index >= 15 is 4.39 Å². The topological polar surface area (TPSA) is 105 Å². The summed E-state index contributed by atoms with van der Waals surface area (Å²) in [5.74, 6) is -1.75. The molecule has 1 aliphatic rings. The van der Waals surface area contributed by atoms with Crippen molar-refractivity contribution in [3.05, 3.63) is 87.6 Å². The van der Waals surface area contributed by atoms with E-state index in [4.69, 9.17) is 16.3 Å². The summed E-state index contributed by atoms with van der Waals surface area (Å²) in [5.41, 5.74) is -0.323. The van der Waals surface area contributed by atoms with E-state index in [0.717, 1.165) is 18.9 Å². The molecule has 0 saturated carbocycles. The maximum atomic E-state index is 15.4. The summed E-state index contributed by atoms with van der Waals surface area (Å²) < 4.78 is 22.7. The second-order valence-corrected chi connectivity index (χ2v) is 8.88. The molecule has 4 aromatic rings. The molecule has 0 bridgehead atoms. The number of aromatic hydroxyl groups is 1. The summed E-state index contributed by atoms with van der Waals surface area (Å²) in [5, 5.41) is 19.4. The summed E-state index contributed by atoms with van der Waals surface area (Å²) in [6.45, 7) is 0.883. The minimum absolute atomic E-state index is 0.0461. The van der Waals surface area contributed by atoms with Crippen LogP contribution in [0.15, 0.2) is 65.7 Å². The largest absolute Gasteiger partial charge is 0.506 e. The Morgan fingerprint density at radius 1 is 1.22 bits per heavy atom. The van der Waals surface area contributed by atoms with Crippen LogP contribution >= 0.6 is 11.6 Å². The van der Waals surface area contributed by atoms with Crippen LogP contribution in [0.3, 0.4) is 0 Å². The Morgan fingerprint density at radius 3 is 2.78 bits per heavy atom. The number of carbonyl (C=O) groups is 1. The number of carboxylic acids is 1. The number of aromatic nitrogens is 2. The highest BCUT2D eigenvalue weighted by molar-refractivity contribution is 6.32. The summed E-state index contributed by atoms with van der Waals surface area (Å²) in [7, 11) is 0. The Balaban J connectivity index is 1.62. The van der Waals surface area contributed by atoms with E-state index in [1.165, 1.54) is 35.0 Å². The van der Waals surface area contributed by atoms with Crippen LogP contribution in [0.4, 0.5) is 10.1 Å². The number of hydrogen-bond donors (Lipinski definition) is 2. The third-order valence-corrected chi connectivity index (χ3v) is 6.56. The van der Waals surface area contributed by atoms with Crippen molar-refractivity contribution in [1.82, 2.24) is 9.55 Å². The van der Waals surface area contributed by atoms with Crippen LogP contribution in [0.25, 0.3) is 16.6 Å². The standard InChI is InChI=1S/C26H21ClFN3O5/c27-19-10-15(6-7-23(19)32)31-13-18(26(34)35)25(33)17-11-20(28)22(12-21(17)31)30-9-3-4-16(30)14-36-24-5-1-2-8-29-24/h1-2,5-8,10-13,16,32H,3-4,9,14H2,(H,34,35)/t16-/m1/s1. The number of halogens is 2. The summed E-state index contributed by atoms with van der Waals surface area (Å²) in [6, 6.07) is 12.2. The Morgan fingerprint density at radius 2 is 2.06 bits per heavy atom. The van der Waals surface area contributed by atoms with Crippen molar-refractivity contribution in [1.29, 1.82) is 0 Å². The van der Waals surface area contributed by atoms with E-state index in [0.29, 0.717) is 30.2 Å². The molecule has 1 atom stereocenters. The molecule has 0 amide bonds. The number of carboxylic acid groups (broad SMARTS) is 1. The van der Waals surface area contributed by atoms with Gasteiger partial charge in [-0.3, -0.25) is 4.79 Å². The van der Waals surface area contributed by atoms with Crippen LogP contribution in [0, 0.1) is 5.82 Å². The molecular weight excluding hydrogens is 489 g/mol. The van der Waals surface area contributed by atoms with Gasteiger partial charge in [0.25, 0.3) is 0 Å². The monoisotopic (exact) mass is 509 g/mol. The molecule has 0 spiro atoms. The van der Waals surface area contributed by atoms with Crippen LogP contribution < -0.4 is 15.1 Å². The summed E-state index contributed by atoms with van der Waals surface area (Å²) in [4.78, 5) is 30.7. The Bertz CT molecular complexity index is 1530. The van der Waals surface area contributed by atoms with Crippen LogP contribution in [0.5, 0.6) is 11.6 Å². The molecular formula is C26H21ClFN3O5. The molecule has 8 nitrogen and oxygen atoms in total. The number of nitrogens with zero attached hydrogens (tertiary/aromatic N) is 3. The number of pyridine rings is 2. The number of benzene rings is 2. The maximum absolute atomic E-state index is 15.4. The van der Waals surface area contributed by atoms with Gasteiger partial charge in [-0.1, -0.05) is 17.7 Å². The highest BCUT2D eigenvalue weighted by Gasteiger charge is 2.29. The lowest BCUT2D eigenvalue weighted by Crippen LogP contribution is -2.35. The van der Waals surface area contributed by atoms with Gasteiger partial charge >= 0.3 is 5.97 Å². The first-order valence-corrected chi connectivity index (χ1v) is 11.6. The second-order valence-electron chi connectivity index (χ2n) is 8.47. The van der Waals surface area contributed by atoms with E-state index < -0.39 is 22.8 Å². The highest BCUT2D eigenvalue weighted by Crippen LogP contribution is 2.33. The minimum Gasteiger partial charge on any atom is -0.506 e. The van der Waals surface area contributed by atoms with E-state index in [1.807, 2.05) is 11.0 Å². The van der Waals surface area contributed by atoms with Gasteiger partial charge in [0.05, 0.1) is 22.3 Å². The van der Waals surface area contributed by atoms with Crippen LogP contribution in [0.2, 0.25) is 5.02 Å². The number of phenols is 1. The fourth-order valence-electron chi connectivity index (χ4n) is 4.51. The van der Waals surface area contributed by atoms with Gasteiger partial charge in [0.2, 0.25) is 11.3 Å². The van der Waals surface area contributed by atoms with Gasteiger partial charge in [0.15, 0.2) is 0 Å². The molecule has 2 aromatic heterocycles. The lowest BCUT2D eigenvalue weighted by atomic mass is 10.1. The molecule has 36 heavy (non-hydrogen) atoms. The van der Waals surface area contributed by atoms with E-state index in [1.54, 1.807) is 18.3 Å². The zero-order valence-electron chi connectivity index (χ0n) is 18.9. The van der Waals surface area contributed by atoms with E-state index in [-0.39, 0.29) is 27.9 Å². The van der Waals surface area contributed by atoms with E-state index in [2.05, 4.69) is 4.98 Å². The van der Waals surface area contributed by atoms with Crippen molar-refractivity contribution in [3.8, 4) is 17.3 Å².